The number of ether oxygens (including phenoxy) is 1. The van der Waals surface area contributed by atoms with Gasteiger partial charge in [-0.3, -0.25) is 0 Å². The van der Waals surface area contributed by atoms with Crippen molar-refractivity contribution in [2.24, 2.45) is 0 Å². The summed E-state index contributed by atoms with van der Waals surface area (Å²) in [6.45, 7) is 4.74. The van der Waals surface area contributed by atoms with E-state index in [1.807, 2.05) is 19.1 Å². The Balaban J connectivity index is 1.99. The lowest BCUT2D eigenvalue weighted by Crippen LogP contribution is -2.05. The molecular weight excluding hydrogens is 232 g/mol. The normalized spacial score (nSPS) is 12.1. The Morgan fingerprint density at radius 2 is 2.29 bits per heavy atom. The Morgan fingerprint density at radius 1 is 1.41 bits per heavy atom. The summed E-state index contributed by atoms with van der Waals surface area (Å²) in [6.07, 6.45) is 1.80. The highest BCUT2D eigenvalue weighted by molar-refractivity contribution is 7.10. The molecule has 17 heavy (non-hydrogen) atoms. The molecule has 2 aromatic rings. The van der Waals surface area contributed by atoms with Crippen molar-refractivity contribution in [1.82, 2.24) is 4.98 Å². The third-order valence-corrected chi connectivity index (χ3v) is 3.44. The molecule has 2 aromatic heterocycles. The maximum Gasteiger partial charge on any atom is 0.213 e. The lowest BCUT2D eigenvalue weighted by atomic mass is 10.2. The number of hydrogen-bond donors (Lipinski definition) is 1. The monoisotopic (exact) mass is 248 g/mol. The zero-order valence-corrected chi connectivity index (χ0v) is 10.8. The number of hydrogen-bond acceptors (Lipinski definition) is 4. The number of nitrogens with zero attached hydrogens (tertiary/aromatic N) is 1. The van der Waals surface area contributed by atoms with Crippen molar-refractivity contribution >= 4 is 17.0 Å². The summed E-state index contributed by atoms with van der Waals surface area (Å²) in [5, 5.41) is 5.49. The molecule has 0 amide bonds. The first-order valence-electron chi connectivity index (χ1n) is 5.68. The van der Waals surface area contributed by atoms with E-state index in [1.54, 1.807) is 17.5 Å². The molecule has 0 bridgehead atoms. The predicted molar refractivity (Wildman–Crippen MR) is 71.8 cm³/mol. The third-order valence-electron chi connectivity index (χ3n) is 2.38. The van der Waals surface area contributed by atoms with Gasteiger partial charge in [0.15, 0.2) is 0 Å². The molecular formula is C13H16N2OS. The Morgan fingerprint density at radius 3 is 2.88 bits per heavy atom. The van der Waals surface area contributed by atoms with E-state index in [-0.39, 0.29) is 0 Å². The van der Waals surface area contributed by atoms with E-state index in [0.717, 1.165) is 5.69 Å². The fraction of sp³-hybridized carbons (Fsp3) is 0.308. The van der Waals surface area contributed by atoms with Crippen LogP contribution in [0.15, 0.2) is 35.8 Å². The Hall–Kier alpha value is -1.55. The highest BCUT2D eigenvalue weighted by Gasteiger charge is 2.06. The topological polar surface area (TPSA) is 34.1 Å². The molecule has 3 nitrogen and oxygen atoms in total. The largest absolute Gasteiger partial charge is 0.478 e. The van der Waals surface area contributed by atoms with Gasteiger partial charge in [0.05, 0.1) is 24.5 Å². The van der Waals surface area contributed by atoms with Gasteiger partial charge in [0.25, 0.3) is 0 Å². The van der Waals surface area contributed by atoms with E-state index in [1.165, 1.54) is 4.88 Å². The maximum atomic E-state index is 5.30. The molecule has 0 fully saturated rings. The van der Waals surface area contributed by atoms with Gasteiger partial charge in [0.2, 0.25) is 5.88 Å². The molecule has 0 aliphatic rings. The van der Waals surface area contributed by atoms with Crippen LogP contribution in [0.4, 0.5) is 5.69 Å². The minimum Gasteiger partial charge on any atom is -0.478 e. The Kier molecular flexibility index (Phi) is 3.98. The molecule has 0 saturated heterocycles. The highest BCUT2D eigenvalue weighted by Crippen LogP contribution is 2.23. The molecule has 0 aromatic carbocycles. The summed E-state index contributed by atoms with van der Waals surface area (Å²) in [6, 6.07) is 8.36. The summed E-state index contributed by atoms with van der Waals surface area (Å²) < 4.78 is 5.30. The van der Waals surface area contributed by atoms with Crippen LogP contribution in [0.5, 0.6) is 5.88 Å². The Labute approximate surface area is 105 Å². The average molecular weight is 248 g/mol. The number of pyridine rings is 1. The van der Waals surface area contributed by atoms with Gasteiger partial charge in [-0.1, -0.05) is 6.07 Å². The summed E-state index contributed by atoms with van der Waals surface area (Å²) >= 11 is 1.75. The van der Waals surface area contributed by atoms with E-state index < -0.39 is 0 Å². The van der Waals surface area contributed by atoms with Crippen molar-refractivity contribution < 1.29 is 4.74 Å². The van der Waals surface area contributed by atoms with E-state index in [0.29, 0.717) is 18.5 Å². The van der Waals surface area contributed by atoms with Crippen LogP contribution in [0.1, 0.15) is 24.8 Å². The number of rotatable bonds is 5. The predicted octanol–water partition coefficient (Wildman–Crippen LogP) is 3.71. The zero-order chi connectivity index (χ0) is 12.1. The molecule has 1 unspecified atom stereocenters. The fourth-order valence-corrected chi connectivity index (χ4v) is 2.29. The van der Waals surface area contributed by atoms with Crippen molar-refractivity contribution in [2.45, 2.75) is 19.9 Å². The second-order valence-electron chi connectivity index (χ2n) is 3.70. The summed E-state index contributed by atoms with van der Waals surface area (Å²) in [5.74, 6) is 0.668. The summed E-state index contributed by atoms with van der Waals surface area (Å²) in [5.41, 5.74) is 1.01. The molecule has 2 rings (SSSR count). The SMILES string of the molecule is CCOc1ccc(NC(C)c2cccs2)cn1. The summed E-state index contributed by atoms with van der Waals surface area (Å²) in [7, 11) is 0. The number of anilines is 1. The second kappa shape index (κ2) is 5.68. The lowest BCUT2D eigenvalue weighted by molar-refractivity contribution is 0.327. The molecule has 0 radical (unpaired) electrons. The van der Waals surface area contributed by atoms with Gasteiger partial charge in [-0.2, -0.15) is 0 Å². The van der Waals surface area contributed by atoms with Crippen molar-refractivity contribution in [3.63, 3.8) is 0 Å². The van der Waals surface area contributed by atoms with Crippen molar-refractivity contribution in [3.8, 4) is 5.88 Å². The van der Waals surface area contributed by atoms with Gasteiger partial charge in [-0.15, -0.1) is 11.3 Å². The highest BCUT2D eigenvalue weighted by atomic mass is 32.1. The molecule has 4 heteroatoms. The smallest absolute Gasteiger partial charge is 0.213 e. The molecule has 0 saturated carbocycles. The number of nitrogens with one attached hydrogen (secondary N) is 1. The first kappa shape index (κ1) is 11.9. The van der Waals surface area contributed by atoms with Crippen LogP contribution >= 0.6 is 11.3 Å². The van der Waals surface area contributed by atoms with Crippen LogP contribution in [0.2, 0.25) is 0 Å². The average Bonchev–Trinajstić information content (AvgIpc) is 2.86. The van der Waals surface area contributed by atoms with Crippen LogP contribution in [0.3, 0.4) is 0 Å². The van der Waals surface area contributed by atoms with Crippen LogP contribution in [-0.2, 0) is 0 Å². The van der Waals surface area contributed by atoms with Gasteiger partial charge in [-0.25, -0.2) is 4.98 Å². The van der Waals surface area contributed by atoms with Crippen molar-refractivity contribution in [1.29, 1.82) is 0 Å². The standard InChI is InChI=1S/C13H16N2OS/c1-3-16-13-7-6-11(9-14-13)15-10(2)12-5-4-8-17-12/h4-10,15H,3H2,1-2H3. The van der Waals surface area contributed by atoms with Crippen LogP contribution in [0.25, 0.3) is 0 Å². The molecule has 0 spiro atoms. The summed E-state index contributed by atoms with van der Waals surface area (Å²) in [4.78, 5) is 5.54. The van der Waals surface area contributed by atoms with Gasteiger partial charge in [-0.05, 0) is 31.4 Å². The molecule has 1 N–H and O–H groups in total. The van der Waals surface area contributed by atoms with Crippen LogP contribution in [0, 0.1) is 0 Å². The molecule has 90 valence electrons. The van der Waals surface area contributed by atoms with E-state index in [4.69, 9.17) is 4.74 Å². The van der Waals surface area contributed by atoms with Gasteiger partial charge >= 0.3 is 0 Å². The number of thiophene rings is 1. The lowest BCUT2D eigenvalue weighted by Gasteiger charge is -2.13. The Bertz CT molecular complexity index is 439. The molecule has 0 aliphatic carbocycles. The molecule has 1 atom stereocenters. The van der Waals surface area contributed by atoms with E-state index >= 15 is 0 Å². The van der Waals surface area contributed by atoms with Crippen LogP contribution in [-0.4, -0.2) is 11.6 Å². The molecule has 0 aliphatic heterocycles. The first-order valence-corrected chi connectivity index (χ1v) is 6.56. The fourth-order valence-electron chi connectivity index (χ4n) is 1.56. The van der Waals surface area contributed by atoms with E-state index in [2.05, 4.69) is 34.7 Å². The number of aromatic nitrogens is 1. The van der Waals surface area contributed by atoms with Crippen molar-refractivity contribution in [3.05, 3.63) is 40.7 Å². The van der Waals surface area contributed by atoms with Crippen LogP contribution < -0.4 is 10.1 Å². The van der Waals surface area contributed by atoms with E-state index in [9.17, 15) is 0 Å². The van der Waals surface area contributed by atoms with Gasteiger partial charge in [0.1, 0.15) is 0 Å². The minimum atomic E-state index is 0.301. The zero-order valence-electron chi connectivity index (χ0n) is 10.0. The van der Waals surface area contributed by atoms with Crippen molar-refractivity contribution in [2.75, 3.05) is 11.9 Å². The first-order chi connectivity index (χ1) is 8.29. The third kappa shape index (κ3) is 3.20. The van der Waals surface area contributed by atoms with Gasteiger partial charge < -0.3 is 10.1 Å². The van der Waals surface area contributed by atoms with Gasteiger partial charge in [0, 0.05) is 10.9 Å². The quantitative estimate of drug-likeness (QED) is 0.875. The minimum absolute atomic E-state index is 0.301. The second-order valence-corrected chi connectivity index (χ2v) is 4.68. The maximum absolute atomic E-state index is 5.30. The molecule has 2 heterocycles.